The first-order valence-electron chi connectivity index (χ1n) is 3.66. The first kappa shape index (κ1) is 10.0. The van der Waals surface area contributed by atoms with E-state index in [0.717, 1.165) is 6.07 Å². The van der Waals surface area contributed by atoms with Crippen LogP contribution in [0.1, 0.15) is 11.4 Å². The van der Waals surface area contributed by atoms with Crippen molar-refractivity contribution in [1.29, 1.82) is 0 Å². The van der Waals surface area contributed by atoms with Crippen molar-refractivity contribution in [3.8, 4) is 0 Å². The Balaban J connectivity index is 2.75. The second-order valence-corrected chi connectivity index (χ2v) is 3.01. The molecule has 0 aliphatic rings. The number of H-pyrrole nitrogens is 1. The van der Waals surface area contributed by atoms with Gasteiger partial charge in [-0.05, 0) is 20.2 Å². The summed E-state index contributed by atoms with van der Waals surface area (Å²) < 4.78 is 36.1. The van der Waals surface area contributed by atoms with E-state index < -0.39 is 11.9 Å². The Bertz CT molecular complexity index is 277. The second-order valence-electron chi connectivity index (χ2n) is 3.01. The number of hydrogen-bond donors (Lipinski definition) is 1. The van der Waals surface area contributed by atoms with E-state index >= 15 is 0 Å². The molecule has 74 valence electrons. The number of nitrogens with zero attached hydrogens (tertiary/aromatic N) is 2. The van der Waals surface area contributed by atoms with Crippen molar-refractivity contribution < 1.29 is 13.2 Å². The lowest BCUT2D eigenvalue weighted by atomic mass is 10.3. The van der Waals surface area contributed by atoms with Crippen LogP contribution >= 0.6 is 0 Å². The molecule has 3 nitrogen and oxygen atoms in total. The number of nitrogens with one attached hydrogen (secondary N) is 1. The summed E-state index contributed by atoms with van der Waals surface area (Å²) in [6.07, 6.45) is -4.36. The molecule has 1 rings (SSSR count). The molecule has 0 fully saturated rings. The van der Waals surface area contributed by atoms with Gasteiger partial charge in [-0.1, -0.05) is 0 Å². The van der Waals surface area contributed by atoms with Gasteiger partial charge in [-0.2, -0.15) is 18.3 Å². The van der Waals surface area contributed by atoms with E-state index in [1.807, 2.05) is 0 Å². The minimum Gasteiger partial charge on any atom is -0.304 e. The topological polar surface area (TPSA) is 31.9 Å². The Labute approximate surface area is 73.5 Å². The highest BCUT2D eigenvalue weighted by Gasteiger charge is 2.33. The Morgan fingerprint density at radius 2 is 2.08 bits per heavy atom. The predicted octanol–water partition coefficient (Wildman–Crippen LogP) is 1.49. The van der Waals surface area contributed by atoms with Gasteiger partial charge in [-0.25, -0.2) is 0 Å². The highest BCUT2D eigenvalue weighted by molar-refractivity contribution is 5.11. The van der Waals surface area contributed by atoms with Gasteiger partial charge in [-0.3, -0.25) is 5.10 Å². The zero-order valence-electron chi connectivity index (χ0n) is 7.31. The summed E-state index contributed by atoms with van der Waals surface area (Å²) in [6, 6.07) is 1.01. The molecule has 0 saturated heterocycles. The molecule has 0 aromatic carbocycles. The predicted molar refractivity (Wildman–Crippen MR) is 41.0 cm³/mol. The van der Waals surface area contributed by atoms with Gasteiger partial charge in [-0.15, -0.1) is 0 Å². The highest BCUT2D eigenvalue weighted by atomic mass is 19.4. The summed E-state index contributed by atoms with van der Waals surface area (Å²) in [6.45, 7) is 0.420. The second kappa shape index (κ2) is 3.37. The summed E-state index contributed by atoms with van der Waals surface area (Å²) in [5, 5.41) is 5.50. The van der Waals surface area contributed by atoms with Crippen LogP contribution in [0.5, 0.6) is 0 Å². The maximum atomic E-state index is 12.0. The third-order valence-electron chi connectivity index (χ3n) is 1.41. The Morgan fingerprint density at radius 3 is 2.46 bits per heavy atom. The average Bonchev–Trinajstić information content (AvgIpc) is 2.32. The Morgan fingerprint density at radius 1 is 1.46 bits per heavy atom. The molecule has 1 heterocycles. The van der Waals surface area contributed by atoms with Crippen molar-refractivity contribution in [2.75, 3.05) is 14.1 Å². The van der Waals surface area contributed by atoms with E-state index in [1.54, 1.807) is 19.0 Å². The van der Waals surface area contributed by atoms with Crippen LogP contribution in [0, 0.1) is 0 Å². The van der Waals surface area contributed by atoms with Gasteiger partial charge >= 0.3 is 6.18 Å². The van der Waals surface area contributed by atoms with Crippen molar-refractivity contribution in [2.24, 2.45) is 0 Å². The lowest BCUT2D eigenvalue weighted by Crippen LogP contribution is -2.10. The summed E-state index contributed by atoms with van der Waals surface area (Å²) in [4.78, 5) is 1.76. The normalized spacial score (nSPS) is 12.5. The van der Waals surface area contributed by atoms with Gasteiger partial charge in [0.1, 0.15) is 0 Å². The molecule has 0 bridgehead atoms. The van der Waals surface area contributed by atoms with Crippen molar-refractivity contribution in [3.63, 3.8) is 0 Å². The lowest BCUT2D eigenvalue weighted by Gasteiger charge is -2.05. The lowest BCUT2D eigenvalue weighted by molar-refractivity contribution is -0.141. The average molecular weight is 193 g/mol. The van der Waals surface area contributed by atoms with Crippen molar-refractivity contribution in [1.82, 2.24) is 15.1 Å². The van der Waals surface area contributed by atoms with Gasteiger partial charge in [0.25, 0.3) is 0 Å². The number of halogens is 3. The van der Waals surface area contributed by atoms with Crippen LogP contribution < -0.4 is 0 Å². The fraction of sp³-hybridized carbons (Fsp3) is 0.571. The molecular weight excluding hydrogens is 183 g/mol. The molecule has 13 heavy (non-hydrogen) atoms. The molecule has 6 heteroatoms. The largest absolute Gasteiger partial charge is 0.435 e. The van der Waals surface area contributed by atoms with Gasteiger partial charge < -0.3 is 4.90 Å². The van der Waals surface area contributed by atoms with E-state index in [0.29, 0.717) is 12.2 Å². The van der Waals surface area contributed by atoms with E-state index in [1.165, 1.54) is 0 Å². The monoisotopic (exact) mass is 193 g/mol. The quantitative estimate of drug-likeness (QED) is 0.771. The summed E-state index contributed by atoms with van der Waals surface area (Å²) in [5.74, 6) is 0. The third-order valence-corrected chi connectivity index (χ3v) is 1.41. The fourth-order valence-electron chi connectivity index (χ4n) is 0.929. The van der Waals surface area contributed by atoms with Gasteiger partial charge in [0, 0.05) is 12.2 Å². The minimum absolute atomic E-state index is 0.420. The fourth-order valence-corrected chi connectivity index (χ4v) is 0.929. The molecule has 0 amide bonds. The zero-order valence-corrected chi connectivity index (χ0v) is 7.31. The molecule has 0 saturated carbocycles. The van der Waals surface area contributed by atoms with E-state index in [4.69, 9.17) is 0 Å². The van der Waals surface area contributed by atoms with Crippen LogP contribution in [-0.2, 0) is 12.7 Å². The number of aromatic nitrogens is 2. The number of aromatic amines is 1. The SMILES string of the molecule is CN(C)Cc1cc(C(F)(F)F)n[nH]1. The number of hydrogen-bond acceptors (Lipinski definition) is 2. The summed E-state index contributed by atoms with van der Waals surface area (Å²) in [5.41, 5.74) is -0.415. The Kier molecular flexibility index (Phi) is 2.60. The maximum Gasteiger partial charge on any atom is 0.435 e. The Hall–Kier alpha value is -1.04. The smallest absolute Gasteiger partial charge is 0.304 e. The van der Waals surface area contributed by atoms with Crippen LogP contribution in [0.4, 0.5) is 13.2 Å². The number of rotatable bonds is 2. The summed E-state index contributed by atoms with van der Waals surface area (Å²) >= 11 is 0. The summed E-state index contributed by atoms with van der Waals surface area (Å²) in [7, 11) is 3.54. The van der Waals surface area contributed by atoms with Crippen LogP contribution in [0.3, 0.4) is 0 Å². The van der Waals surface area contributed by atoms with Crippen molar-refractivity contribution >= 4 is 0 Å². The first-order chi connectivity index (χ1) is 5.89. The first-order valence-corrected chi connectivity index (χ1v) is 3.66. The van der Waals surface area contributed by atoms with Crippen LogP contribution in [0.25, 0.3) is 0 Å². The zero-order chi connectivity index (χ0) is 10.1. The highest BCUT2D eigenvalue weighted by Crippen LogP contribution is 2.27. The van der Waals surface area contributed by atoms with E-state index in [9.17, 15) is 13.2 Å². The molecule has 0 spiro atoms. The number of alkyl halides is 3. The van der Waals surface area contributed by atoms with Gasteiger partial charge in [0.15, 0.2) is 5.69 Å². The van der Waals surface area contributed by atoms with Gasteiger partial charge in [0.2, 0.25) is 0 Å². The molecule has 1 aromatic rings. The van der Waals surface area contributed by atoms with E-state index in [2.05, 4.69) is 10.2 Å². The molecule has 0 aliphatic carbocycles. The molecule has 0 unspecified atom stereocenters. The standard InChI is InChI=1S/C7H10F3N3/c1-13(2)4-5-3-6(12-11-5)7(8,9)10/h3H,4H2,1-2H3,(H,11,12). The molecular formula is C7H10F3N3. The molecule has 1 aromatic heterocycles. The maximum absolute atomic E-state index is 12.0. The molecule has 0 aliphatic heterocycles. The van der Waals surface area contributed by atoms with Crippen LogP contribution in [0.2, 0.25) is 0 Å². The molecule has 1 N–H and O–H groups in total. The molecule has 0 radical (unpaired) electrons. The molecule has 0 atom stereocenters. The van der Waals surface area contributed by atoms with Gasteiger partial charge in [0.05, 0.1) is 0 Å². The van der Waals surface area contributed by atoms with E-state index in [-0.39, 0.29) is 0 Å². The van der Waals surface area contributed by atoms with Crippen LogP contribution in [0.15, 0.2) is 6.07 Å². The van der Waals surface area contributed by atoms with Crippen molar-refractivity contribution in [3.05, 3.63) is 17.5 Å². The van der Waals surface area contributed by atoms with Crippen LogP contribution in [-0.4, -0.2) is 29.2 Å². The van der Waals surface area contributed by atoms with Crippen molar-refractivity contribution in [2.45, 2.75) is 12.7 Å². The third kappa shape index (κ3) is 2.73. The minimum atomic E-state index is -4.36.